The van der Waals surface area contributed by atoms with E-state index in [9.17, 15) is 9.59 Å². The summed E-state index contributed by atoms with van der Waals surface area (Å²) in [6, 6.07) is 7.24. The molecule has 5 nitrogen and oxygen atoms in total. The maximum Gasteiger partial charge on any atom is 0.258 e. The smallest absolute Gasteiger partial charge is 0.258 e. The Labute approximate surface area is 123 Å². The topological polar surface area (TPSA) is 74.8 Å². The summed E-state index contributed by atoms with van der Waals surface area (Å²) in [5.41, 5.74) is 0.345. The Morgan fingerprint density at radius 1 is 1.29 bits per heavy atom. The van der Waals surface area contributed by atoms with Crippen LogP contribution in [0.15, 0.2) is 29.1 Å². The molecule has 0 aliphatic heterocycles. The number of nitrogens with zero attached hydrogens (tertiary/aromatic N) is 1. The van der Waals surface area contributed by atoms with Crippen molar-refractivity contribution in [3.8, 4) is 0 Å². The van der Waals surface area contributed by atoms with Crippen LogP contribution in [0.3, 0.4) is 0 Å². The van der Waals surface area contributed by atoms with Crippen molar-refractivity contribution in [3.05, 3.63) is 40.4 Å². The molecule has 1 aromatic carbocycles. The number of hydrogen-bond acceptors (Lipinski definition) is 3. The number of carbonyl (C=O) groups is 1. The van der Waals surface area contributed by atoms with Crippen LogP contribution in [-0.4, -0.2) is 21.4 Å². The van der Waals surface area contributed by atoms with E-state index in [2.05, 4.69) is 15.3 Å². The highest BCUT2D eigenvalue weighted by Crippen LogP contribution is 2.07. The highest BCUT2D eigenvalue weighted by atomic mass is 16.1. The summed E-state index contributed by atoms with van der Waals surface area (Å²) in [6.07, 6.45) is 1.66. The second-order valence-corrected chi connectivity index (χ2v) is 6.18. The molecule has 0 radical (unpaired) electrons. The number of amides is 1. The highest BCUT2D eigenvalue weighted by molar-refractivity contribution is 5.77. The monoisotopic (exact) mass is 287 g/mol. The molecule has 1 amide bonds. The van der Waals surface area contributed by atoms with Crippen LogP contribution in [0.25, 0.3) is 10.9 Å². The standard InChI is InChI=1S/C16H21N3O2/c1-16(2,3)19-14(20)10-6-9-13-17-12-8-5-4-7-11(12)15(21)18-13/h4-5,7-8H,6,9-10H2,1-3H3,(H,19,20)(H,17,18,21). The van der Waals surface area contributed by atoms with Crippen LogP contribution in [0.4, 0.5) is 0 Å². The molecule has 0 fully saturated rings. The van der Waals surface area contributed by atoms with Gasteiger partial charge in [-0.3, -0.25) is 9.59 Å². The van der Waals surface area contributed by atoms with E-state index in [1.165, 1.54) is 0 Å². The van der Waals surface area contributed by atoms with E-state index in [-0.39, 0.29) is 17.0 Å². The van der Waals surface area contributed by atoms with Gasteiger partial charge in [0, 0.05) is 18.4 Å². The van der Waals surface area contributed by atoms with Crippen molar-refractivity contribution in [3.63, 3.8) is 0 Å². The molecule has 1 aromatic heterocycles. The van der Waals surface area contributed by atoms with Crippen LogP contribution in [0.5, 0.6) is 0 Å². The minimum atomic E-state index is -0.216. The Balaban J connectivity index is 1.98. The van der Waals surface area contributed by atoms with Crippen LogP contribution < -0.4 is 10.9 Å². The summed E-state index contributed by atoms with van der Waals surface area (Å²) in [5.74, 6) is 0.646. The Morgan fingerprint density at radius 3 is 2.71 bits per heavy atom. The van der Waals surface area contributed by atoms with Gasteiger partial charge in [-0.05, 0) is 39.3 Å². The van der Waals surface area contributed by atoms with E-state index in [1.54, 1.807) is 6.07 Å². The fraction of sp³-hybridized carbons (Fsp3) is 0.438. The van der Waals surface area contributed by atoms with Gasteiger partial charge in [-0.15, -0.1) is 0 Å². The molecule has 2 aromatic rings. The molecule has 0 saturated heterocycles. The van der Waals surface area contributed by atoms with Crippen LogP contribution in [0, 0.1) is 0 Å². The highest BCUT2D eigenvalue weighted by Gasteiger charge is 2.13. The van der Waals surface area contributed by atoms with Crippen molar-refractivity contribution in [1.82, 2.24) is 15.3 Å². The average Bonchev–Trinajstić information content (AvgIpc) is 2.36. The minimum absolute atomic E-state index is 0.0191. The van der Waals surface area contributed by atoms with Gasteiger partial charge in [0.15, 0.2) is 0 Å². The zero-order chi connectivity index (χ0) is 15.5. The number of aryl methyl sites for hydroxylation is 1. The lowest BCUT2D eigenvalue weighted by Crippen LogP contribution is -2.40. The molecular formula is C16H21N3O2. The number of aromatic nitrogens is 2. The van der Waals surface area contributed by atoms with Crippen LogP contribution >= 0.6 is 0 Å². The molecule has 0 bridgehead atoms. The van der Waals surface area contributed by atoms with Crippen LogP contribution in [0.2, 0.25) is 0 Å². The quantitative estimate of drug-likeness (QED) is 0.905. The fourth-order valence-electron chi connectivity index (χ4n) is 2.15. The van der Waals surface area contributed by atoms with Crippen LogP contribution in [-0.2, 0) is 11.2 Å². The molecule has 1 heterocycles. The average molecular weight is 287 g/mol. The molecule has 0 spiro atoms. The number of aromatic amines is 1. The summed E-state index contributed by atoms with van der Waals surface area (Å²) in [6.45, 7) is 5.85. The Hall–Kier alpha value is -2.17. The number of fused-ring (bicyclic) bond motifs is 1. The van der Waals surface area contributed by atoms with E-state index < -0.39 is 0 Å². The third-order valence-electron chi connectivity index (χ3n) is 2.99. The molecule has 0 aliphatic rings. The van der Waals surface area contributed by atoms with E-state index in [1.807, 2.05) is 39.0 Å². The number of carbonyl (C=O) groups excluding carboxylic acids is 1. The third kappa shape index (κ3) is 4.41. The van der Waals surface area contributed by atoms with E-state index in [0.717, 1.165) is 0 Å². The number of rotatable bonds is 4. The first-order valence-electron chi connectivity index (χ1n) is 7.14. The molecule has 0 saturated carbocycles. The summed E-state index contributed by atoms with van der Waals surface area (Å²) >= 11 is 0. The van der Waals surface area contributed by atoms with Gasteiger partial charge in [0.05, 0.1) is 10.9 Å². The summed E-state index contributed by atoms with van der Waals surface area (Å²) < 4.78 is 0. The zero-order valence-electron chi connectivity index (χ0n) is 12.7. The van der Waals surface area contributed by atoms with Gasteiger partial charge < -0.3 is 10.3 Å². The van der Waals surface area contributed by atoms with E-state index in [4.69, 9.17) is 0 Å². The second-order valence-electron chi connectivity index (χ2n) is 6.18. The molecule has 0 aliphatic carbocycles. The SMILES string of the molecule is CC(C)(C)NC(=O)CCCc1nc2ccccc2c(=O)[nH]1. The predicted molar refractivity (Wildman–Crippen MR) is 83.2 cm³/mol. The van der Waals surface area contributed by atoms with Gasteiger partial charge in [-0.25, -0.2) is 4.98 Å². The number of nitrogens with one attached hydrogen (secondary N) is 2. The molecule has 5 heteroatoms. The molecule has 112 valence electrons. The van der Waals surface area contributed by atoms with Gasteiger partial charge >= 0.3 is 0 Å². The Kier molecular flexibility index (Phi) is 4.40. The minimum Gasteiger partial charge on any atom is -0.352 e. The van der Waals surface area contributed by atoms with Gasteiger partial charge in [-0.2, -0.15) is 0 Å². The number of hydrogen-bond donors (Lipinski definition) is 2. The summed E-state index contributed by atoms with van der Waals surface area (Å²) in [4.78, 5) is 30.8. The number of para-hydroxylation sites is 1. The van der Waals surface area contributed by atoms with Gasteiger partial charge in [0.25, 0.3) is 5.56 Å². The second kappa shape index (κ2) is 6.08. The van der Waals surface area contributed by atoms with Crippen LogP contribution in [0.1, 0.15) is 39.4 Å². The van der Waals surface area contributed by atoms with E-state index >= 15 is 0 Å². The summed E-state index contributed by atoms with van der Waals surface area (Å²) in [5, 5.41) is 3.50. The number of H-pyrrole nitrogens is 1. The van der Waals surface area contributed by atoms with Gasteiger partial charge in [0.1, 0.15) is 5.82 Å². The summed E-state index contributed by atoms with van der Waals surface area (Å²) in [7, 11) is 0. The molecule has 0 atom stereocenters. The lowest BCUT2D eigenvalue weighted by Gasteiger charge is -2.20. The van der Waals surface area contributed by atoms with Crippen molar-refractivity contribution < 1.29 is 4.79 Å². The Morgan fingerprint density at radius 2 is 2.00 bits per heavy atom. The fourth-order valence-corrected chi connectivity index (χ4v) is 2.15. The largest absolute Gasteiger partial charge is 0.352 e. The first-order valence-corrected chi connectivity index (χ1v) is 7.14. The molecule has 21 heavy (non-hydrogen) atoms. The van der Waals surface area contributed by atoms with Gasteiger partial charge in [-0.1, -0.05) is 12.1 Å². The van der Waals surface area contributed by atoms with Crippen molar-refractivity contribution in [2.45, 2.75) is 45.6 Å². The van der Waals surface area contributed by atoms with Crippen molar-refractivity contribution in [2.75, 3.05) is 0 Å². The van der Waals surface area contributed by atoms with E-state index in [0.29, 0.717) is 36.0 Å². The lowest BCUT2D eigenvalue weighted by molar-refractivity contribution is -0.122. The van der Waals surface area contributed by atoms with Crippen molar-refractivity contribution in [2.24, 2.45) is 0 Å². The maximum absolute atomic E-state index is 11.9. The van der Waals surface area contributed by atoms with Gasteiger partial charge in [0.2, 0.25) is 5.91 Å². The number of benzene rings is 1. The zero-order valence-corrected chi connectivity index (χ0v) is 12.7. The maximum atomic E-state index is 11.9. The normalized spacial score (nSPS) is 11.6. The molecule has 0 unspecified atom stereocenters. The third-order valence-corrected chi connectivity index (χ3v) is 2.99. The van der Waals surface area contributed by atoms with Crippen molar-refractivity contribution in [1.29, 1.82) is 0 Å². The molecule has 2 rings (SSSR count). The lowest BCUT2D eigenvalue weighted by atomic mass is 10.1. The first-order chi connectivity index (χ1) is 9.85. The molecule has 2 N–H and O–H groups in total. The van der Waals surface area contributed by atoms with Crippen molar-refractivity contribution >= 4 is 16.8 Å². The molecular weight excluding hydrogens is 266 g/mol. The first kappa shape index (κ1) is 15.2. The predicted octanol–water partition coefficient (Wildman–Crippen LogP) is 2.16. The Bertz CT molecular complexity index is 698.